The van der Waals surface area contributed by atoms with E-state index in [9.17, 15) is 14.4 Å². The summed E-state index contributed by atoms with van der Waals surface area (Å²) in [6.45, 7) is 10.2. The minimum atomic E-state index is 0.237. The molecule has 1 amide bonds. The number of carbonyl (C=O) groups is 3. The fourth-order valence-electron chi connectivity index (χ4n) is 3.90. The highest BCUT2D eigenvalue weighted by Gasteiger charge is 2.17. The van der Waals surface area contributed by atoms with E-state index in [-0.39, 0.29) is 5.76 Å². The number of aryl methyl sites for hydroxylation is 1. The maximum Gasteiger partial charge on any atom is 0.222 e. The standard InChI is InChI=1S/C9H9N3O2.C8H12N2.C7H14O.C6H11NO/c1-11-8-7(4-13)14-6-2-5(10)3-12-9(6)8;1-3-7-4-5-8(9-2)10-6-7;1-3-5-7(4-2)6-8;1-2-7-5-3-4-6(7)8/h2-4,11H,10H2,1H3;4-6H,3H2,1-2H3,(H,9,10);6-7H,3-5H2,1-2H3;2-5H2,1H3/t;;7-;/m..1./s1. The summed E-state index contributed by atoms with van der Waals surface area (Å²) >= 11 is 0. The quantitative estimate of drug-likeness (QED) is 0.288. The number of pyridine rings is 2. The Kier molecular flexibility index (Phi) is 16.3. The second-order valence-electron chi connectivity index (χ2n) is 9.15. The van der Waals surface area contributed by atoms with Gasteiger partial charge in [0.25, 0.3) is 0 Å². The predicted molar refractivity (Wildman–Crippen MR) is 163 cm³/mol. The number of nitrogens with two attached hydrogens (primary N) is 1. The summed E-state index contributed by atoms with van der Waals surface area (Å²) < 4.78 is 5.25. The zero-order chi connectivity index (χ0) is 29.9. The lowest BCUT2D eigenvalue weighted by Gasteiger charge is -2.10. The smallest absolute Gasteiger partial charge is 0.222 e. The first-order valence-corrected chi connectivity index (χ1v) is 14.0. The molecule has 0 spiro atoms. The first-order chi connectivity index (χ1) is 19.3. The van der Waals surface area contributed by atoms with Crippen molar-refractivity contribution < 1.29 is 18.8 Å². The normalized spacial score (nSPS) is 12.7. The van der Waals surface area contributed by atoms with E-state index in [1.807, 2.05) is 31.1 Å². The van der Waals surface area contributed by atoms with Crippen LogP contribution in [0, 0.1) is 5.92 Å². The van der Waals surface area contributed by atoms with Gasteiger partial charge in [0.2, 0.25) is 5.91 Å². The van der Waals surface area contributed by atoms with Gasteiger partial charge in [-0.15, -0.1) is 0 Å². The highest BCUT2D eigenvalue weighted by molar-refractivity contribution is 5.97. The number of furan rings is 1. The molecular formula is C30H46N6O4. The van der Waals surface area contributed by atoms with E-state index in [1.165, 1.54) is 11.8 Å². The van der Waals surface area contributed by atoms with Gasteiger partial charge in [-0.2, -0.15) is 0 Å². The Morgan fingerprint density at radius 3 is 2.25 bits per heavy atom. The first-order valence-electron chi connectivity index (χ1n) is 14.0. The Bertz CT molecular complexity index is 1140. The van der Waals surface area contributed by atoms with Crippen LogP contribution in [-0.2, 0) is 16.0 Å². The molecule has 40 heavy (non-hydrogen) atoms. The largest absolute Gasteiger partial charge is 0.449 e. The molecule has 0 unspecified atom stereocenters. The van der Waals surface area contributed by atoms with Crippen molar-refractivity contribution in [3.63, 3.8) is 0 Å². The number of nitrogens with zero attached hydrogens (tertiary/aromatic N) is 3. The molecular weight excluding hydrogens is 508 g/mol. The van der Waals surface area contributed by atoms with Gasteiger partial charge in [-0.3, -0.25) is 9.59 Å². The summed E-state index contributed by atoms with van der Waals surface area (Å²) in [7, 11) is 3.57. The van der Waals surface area contributed by atoms with Crippen molar-refractivity contribution in [3.8, 4) is 0 Å². The lowest BCUT2D eigenvalue weighted by Crippen LogP contribution is -2.23. The Morgan fingerprint density at radius 1 is 1.10 bits per heavy atom. The van der Waals surface area contributed by atoms with Gasteiger partial charge in [-0.25, -0.2) is 9.97 Å². The second-order valence-corrected chi connectivity index (χ2v) is 9.15. The molecule has 1 aliphatic rings. The van der Waals surface area contributed by atoms with Crippen LogP contribution in [0.25, 0.3) is 11.1 Å². The Balaban J connectivity index is 0.000000276. The number of anilines is 3. The van der Waals surface area contributed by atoms with Gasteiger partial charge in [-0.1, -0.05) is 33.3 Å². The van der Waals surface area contributed by atoms with Gasteiger partial charge in [-0.05, 0) is 44.2 Å². The van der Waals surface area contributed by atoms with Gasteiger partial charge in [0.1, 0.15) is 23.3 Å². The summed E-state index contributed by atoms with van der Waals surface area (Å²) in [6.07, 6.45) is 11.2. The van der Waals surface area contributed by atoms with Crippen molar-refractivity contribution >= 4 is 46.8 Å². The molecule has 3 aromatic heterocycles. The number of nitrogen functional groups attached to an aromatic ring is 1. The molecule has 0 saturated carbocycles. The lowest BCUT2D eigenvalue weighted by molar-refractivity contribution is -0.127. The predicted octanol–water partition coefficient (Wildman–Crippen LogP) is 5.59. The summed E-state index contributed by atoms with van der Waals surface area (Å²) in [4.78, 5) is 41.6. The van der Waals surface area contributed by atoms with Crippen LogP contribution in [0.3, 0.4) is 0 Å². The topological polar surface area (TPSA) is 143 Å². The zero-order valence-electron chi connectivity index (χ0n) is 24.8. The number of likely N-dealkylation sites (tertiary alicyclic amines) is 1. The summed E-state index contributed by atoms with van der Waals surface area (Å²) in [6, 6.07) is 5.70. The lowest BCUT2D eigenvalue weighted by atomic mass is 10.0. The van der Waals surface area contributed by atoms with Crippen LogP contribution in [0.15, 0.2) is 35.0 Å². The summed E-state index contributed by atoms with van der Waals surface area (Å²) in [5.74, 6) is 1.81. The van der Waals surface area contributed by atoms with Crippen molar-refractivity contribution in [2.45, 2.75) is 66.2 Å². The third-order valence-electron chi connectivity index (χ3n) is 6.35. The van der Waals surface area contributed by atoms with E-state index < -0.39 is 0 Å². The van der Waals surface area contributed by atoms with Crippen LogP contribution >= 0.6 is 0 Å². The molecule has 0 radical (unpaired) electrons. The van der Waals surface area contributed by atoms with Crippen LogP contribution in [-0.4, -0.2) is 60.5 Å². The molecule has 0 aromatic carbocycles. The molecule has 0 aliphatic carbocycles. The molecule has 4 rings (SSSR count). The van der Waals surface area contributed by atoms with Gasteiger partial charge < -0.3 is 30.5 Å². The molecule has 10 heteroatoms. The molecule has 4 N–H and O–H groups in total. The third kappa shape index (κ3) is 11.0. The maximum atomic E-state index is 10.7. The molecule has 220 valence electrons. The number of aldehydes is 2. The third-order valence-corrected chi connectivity index (χ3v) is 6.35. The number of rotatable bonds is 9. The Labute approximate surface area is 238 Å². The van der Waals surface area contributed by atoms with Gasteiger partial charge in [0.15, 0.2) is 17.6 Å². The van der Waals surface area contributed by atoms with Crippen LogP contribution in [0.5, 0.6) is 0 Å². The first kappa shape index (κ1) is 34.1. The highest BCUT2D eigenvalue weighted by Crippen LogP contribution is 2.28. The van der Waals surface area contributed by atoms with E-state index in [0.717, 1.165) is 63.7 Å². The summed E-state index contributed by atoms with van der Waals surface area (Å²) in [5.41, 5.74) is 9.04. The number of carbonyl (C=O) groups excluding carboxylic acids is 3. The Hall–Kier alpha value is -3.95. The number of hydrogen-bond acceptors (Lipinski definition) is 9. The monoisotopic (exact) mass is 554 g/mol. The summed E-state index contributed by atoms with van der Waals surface area (Å²) in [5, 5.41) is 5.83. The number of fused-ring (bicyclic) bond motifs is 1. The van der Waals surface area contributed by atoms with Crippen LogP contribution in [0.1, 0.15) is 75.9 Å². The minimum absolute atomic E-state index is 0.237. The zero-order valence-corrected chi connectivity index (χ0v) is 24.8. The fraction of sp³-hybridized carbons (Fsp3) is 0.500. The molecule has 1 atom stereocenters. The van der Waals surface area contributed by atoms with E-state index >= 15 is 0 Å². The SMILES string of the molecule is CCC[C@H](C=O)CC.CCN1CCCC1=O.CCc1ccc(NC)nc1.CNc1c(C=O)oc2cc(N)cnc12. The molecule has 1 aliphatic heterocycles. The molecule has 1 saturated heterocycles. The average molecular weight is 555 g/mol. The van der Waals surface area contributed by atoms with Crippen LogP contribution in [0.4, 0.5) is 17.2 Å². The number of amides is 1. The van der Waals surface area contributed by atoms with Crippen molar-refractivity contribution in [2.24, 2.45) is 5.92 Å². The van der Waals surface area contributed by atoms with Crippen molar-refractivity contribution in [1.82, 2.24) is 14.9 Å². The number of aromatic nitrogens is 2. The molecule has 4 heterocycles. The van der Waals surface area contributed by atoms with E-state index in [4.69, 9.17) is 10.2 Å². The molecule has 1 fully saturated rings. The van der Waals surface area contributed by atoms with Crippen molar-refractivity contribution in [2.75, 3.05) is 43.6 Å². The number of nitrogens with one attached hydrogen (secondary N) is 2. The van der Waals surface area contributed by atoms with E-state index in [2.05, 4.69) is 47.4 Å². The van der Waals surface area contributed by atoms with Gasteiger partial charge >= 0.3 is 0 Å². The van der Waals surface area contributed by atoms with Gasteiger partial charge in [0.05, 0.1) is 11.9 Å². The van der Waals surface area contributed by atoms with Crippen LogP contribution in [0.2, 0.25) is 0 Å². The van der Waals surface area contributed by atoms with Crippen molar-refractivity contribution in [3.05, 3.63) is 41.9 Å². The minimum Gasteiger partial charge on any atom is -0.449 e. The highest BCUT2D eigenvalue weighted by atomic mass is 16.3. The average Bonchev–Trinajstić information content (AvgIpc) is 3.58. The molecule has 0 bridgehead atoms. The van der Waals surface area contributed by atoms with E-state index in [0.29, 0.717) is 40.6 Å². The van der Waals surface area contributed by atoms with E-state index in [1.54, 1.807) is 13.1 Å². The van der Waals surface area contributed by atoms with Crippen LogP contribution < -0.4 is 16.4 Å². The number of hydrogen-bond donors (Lipinski definition) is 3. The molecule has 3 aromatic rings. The Morgan fingerprint density at radius 2 is 1.85 bits per heavy atom. The van der Waals surface area contributed by atoms with Crippen molar-refractivity contribution in [1.29, 1.82) is 0 Å². The maximum absolute atomic E-state index is 10.7. The molecule has 10 nitrogen and oxygen atoms in total. The second kappa shape index (κ2) is 19.2. The van der Waals surface area contributed by atoms with Gasteiger partial charge in [0, 0.05) is 51.8 Å². The fourth-order valence-corrected chi connectivity index (χ4v) is 3.90.